The van der Waals surface area contributed by atoms with Crippen LogP contribution in [0.25, 0.3) is 0 Å². The van der Waals surface area contributed by atoms with Crippen LogP contribution in [-0.2, 0) is 17.7 Å². The molecule has 0 aliphatic heterocycles. The van der Waals surface area contributed by atoms with Crippen LogP contribution in [0.2, 0.25) is 5.02 Å². The smallest absolute Gasteiger partial charge is 0.360 e. The largest absolute Gasteiger partial charge is 0.464 e. The minimum absolute atomic E-state index is 0.175. The first kappa shape index (κ1) is 15.4. The zero-order valence-electron chi connectivity index (χ0n) is 11.8. The van der Waals surface area contributed by atoms with E-state index in [4.69, 9.17) is 11.6 Å². The molecular weight excluding hydrogens is 297 g/mol. The summed E-state index contributed by atoms with van der Waals surface area (Å²) in [5.41, 5.74) is 1.24. The maximum atomic E-state index is 13.8. The number of hydrogen-bond acceptors (Lipinski definition) is 4. The van der Waals surface area contributed by atoms with E-state index in [1.807, 2.05) is 6.92 Å². The van der Waals surface area contributed by atoms with Crippen LogP contribution in [-0.4, -0.2) is 28.1 Å². The second-order valence-electron chi connectivity index (χ2n) is 4.52. The molecule has 7 heteroatoms. The van der Waals surface area contributed by atoms with Gasteiger partial charge in [-0.15, -0.1) is 5.10 Å². The summed E-state index contributed by atoms with van der Waals surface area (Å²) in [6.07, 6.45) is 1.41. The molecule has 21 heavy (non-hydrogen) atoms. The lowest BCUT2D eigenvalue weighted by Gasteiger charge is -2.08. The van der Waals surface area contributed by atoms with Gasteiger partial charge < -0.3 is 4.74 Å². The number of esters is 1. The standard InChI is InChI=1S/C14H15ClFN3O2/c1-3-4-12-13(14(20)21-2)17-18-19(12)8-9-5-6-10(15)7-11(9)16/h5-7H,3-4,8H2,1-2H3. The quantitative estimate of drug-likeness (QED) is 0.797. The number of rotatable bonds is 5. The highest BCUT2D eigenvalue weighted by Gasteiger charge is 2.20. The number of carbonyl (C=O) groups is 1. The number of hydrogen-bond donors (Lipinski definition) is 0. The summed E-state index contributed by atoms with van der Waals surface area (Å²) >= 11 is 5.73. The monoisotopic (exact) mass is 311 g/mol. The first-order valence-corrected chi connectivity index (χ1v) is 6.89. The maximum Gasteiger partial charge on any atom is 0.360 e. The van der Waals surface area contributed by atoms with Gasteiger partial charge in [-0.3, -0.25) is 0 Å². The second-order valence-corrected chi connectivity index (χ2v) is 4.96. The highest BCUT2D eigenvalue weighted by molar-refractivity contribution is 6.30. The number of carbonyl (C=O) groups excluding carboxylic acids is 1. The fourth-order valence-corrected chi connectivity index (χ4v) is 2.17. The molecule has 1 aromatic carbocycles. The predicted octanol–water partition coefficient (Wildman–Crippen LogP) is 2.86. The Kier molecular flexibility index (Phi) is 4.90. The summed E-state index contributed by atoms with van der Waals surface area (Å²) in [6, 6.07) is 4.44. The van der Waals surface area contributed by atoms with E-state index in [1.54, 1.807) is 12.1 Å². The third-order valence-corrected chi connectivity index (χ3v) is 3.27. The fourth-order valence-electron chi connectivity index (χ4n) is 2.01. The molecule has 2 rings (SSSR count). The Morgan fingerprint density at radius 1 is 1.48 bits per heavy atom. The maximum absolute atomic E-state index is 13.8. The van der Waals surface area contributed by atoms with Crippen molar-refractivity contribution in [3.8, 4) is 0 Å². The Balaban J connectivity index is 2.35. The van der Waals surface area contributed by atoms with Crippen molar-refractivity contribution in [2.45, 2.75) is 26.3 Å². The van der Waals surface area contributed by atoms with Crippen LogP contribution in [0.4, 0.5) is 4.39 Å². The van der Waals surface area contributed by atoms with Crippen LogP contribution in [0, 0.1) is 5.82 Å². The molecule has 0 atom stereocenters. The zero-order valence-corrected chi connectivity index (χ0v) is 12.5. The van der Waals surface area contributed by atoms with Crippen molar-refractivity contribution in [2.24, 2.45) is 0 Å². The van der Waals surface area contributed by atoms with E-state index in [-0.39, 0.29) is 12.2 Å². The first-order valence-electron chi connectivity index (χ1n) is 6.51. The van der Waals surface area contributed by atoms with Crippen molar-refractivity contribution in [3.05, 3.63) is 46.0 Å². The van der Waals surface area contributed by atoms with Crippen LogP contribution < -0.4 is 0 Å². The lowest BCUT2D eigenvalue weighted by atomic mass is 10.1. The van der Waals surface area contributed by atoms with Gasteiger partial charge in [-0.2, -0.15) is 0 Å². The number of ether oxygens (including phenoxy) is 1. The molecule has 0 amide bonds. The highest BCUT2D eigenvalue weighted by atomic mass is 35.5. The topological polar surface area (TPSA) is 57.0 Å². The van der Waals surface area contributed by atoms with Gasteiger partial charge in [0, 0.05) is 10.6 Å². The Morgan fingerprint density at radius 3 is 2.86 bits per heavy atom. The van der Waals surface area contributed by atoms with E-state index in [0.29, 0.717) is 22.7 Å². The number of nitrogens with zero attached hydrogens (tertiary/aromatic N) is 3. The zero-order chi connectivity index (χ0) is 15.4. The Labute approximate surface area is 126 Å². The van der Waals surface area contributed by atoms with Crippen molar-refractivity contribution in [1.29, 1.82) is 0 Å². The number of halogens is 2. The molecule has 1 heterocycles. The number of benzene rings is 1. The molecule has 0 aliphatic rings. The van der Waals surface area contributed by atoms with Gasteiger partial charge >= 0.3 is 5.97 Å². The van der Waals surface area contributed by atoms with E-state index < -0.39 is 11.8 Å². The number of aromatic nitrogens is 3. The summed E-state index contributed by atoms with van der Waals surface area (Å²) in [5, 5.41) is 8.10. The Bertz CT molecular complexity index is 658. The molecule has 1 aromatic heterocycles. The molecule has 0 saturated heterocycles. The van der Waals surface area contributed by atoms with Crippen LogP contribution in [0.1, 0.15) is 35.1 Å². The molecule has 0 spiro atoms. The fraction of sp³-hybridized carbons (Fsp3) is 0.357. The van der Waals surface area contributed by atoms with Crippen molar-refractivity contribution >= 4 is 17.6 Å². The normalized spacial score (nSPS) is 10.7. The molecule has 0 radical (unpaired) electrons. The summed E-state index contributed by atoms with van der Waals surface area (Å²) in [4.78, 5) is 11.7. The SMILES string of the molecule is CCCc1c(C(=O)OC)nnn1Cc1ccc(Cl)cc1F. The van der Waals surface area contributed by atoms with E-state index in [1.165, 1.54) is 17.9 Å². The predicted molar refractivity (Wildman–Crippen MR) is 75.9 cm³/mol. The van der Waals surface area contributed by atoms with Crippen molar-refractivity contribution in [3.63, 3.8) is 0 Å². The van der Waals surface area contributed by atoms with Gasteiger partial charge in [-0.25, -0.2) is 13.9 Å². The van der Waals surface area contributed by atoms with Crippen molar-refractivity contribution < 1.29 is 13.9 Å². The van der Waals surface area contributed by atoms with Gasteiger partial charge in [0.25, 0.3) is 0 Å². The molecule has 5 nitrogen and oxygen atoms in total. The van der Waals surface area contributed by atoms with Gasteiger partial charge in [0.15, 0.2) is 5.69 Å². The lowest BCUT2D eigenvalue weighted by molar-refractivity contribution is 0.0592. The Hall–Kier alpha value is -1.95. The third kappa shape index (κ3) is 3.39. The second kappa shape index (κ2) is 6.67. The Morgan fingerprint density at radius 2 is 2.24 bits per heavy atom. The van der Waals surface area contributed by atoms with Gasteiger partial charge in [0.1, 0.15) is 5.82 Å². The van der Waals surface area contributed by atoms with E-state index in [9.17, 15) is 9.18 Å². The molecule has 0 fully saturated rings. The molecule has 0 N–H and O–H groups in total. The summed E-state index contributed by atoms with van der Waals surface area (Å²) in [7, 11) is 1.29. The molecular formula is C14H15ClFN3O2. The average molecular weight is 312 g/mol. The summed E-state index contributed by atoms with van der Waals surface area (Å²) in [6.45, 7) is 2.16. The van der Waals surface area contributed by atoms with E-state index >= 15 is 0 Å². The highest BCUT2D eigenvalue weighted by Crippen LogP contribution is 2.17. The van der Waals surface area contributed by atoms with E-state index in [0.717, 1.165) is 6.42 Å². The molecule has 112 valence electrons. The summed E-state index contributed by atoms with van der Waals surface area (Å²) < 4.78 is 20.0. The molecule has 2 aromatic rings. The molecule has 0 saturated carbocycles. The van der Waals surface area contributed by atoms with Crippen LogP contribution >= 0.6 is 11.6 Å². The van der Waals surface area contributed by atoms with Crippen molar-refractivity contribution in [2.75, 3.05) is 7.11 Å². The number of methoxy groups -OCH3 is 1. The average Bonchev–Trinajstić information content (AvgIpc) is 2.84. The third-order valence-electron chi connectivity index (χ3n) is 3.04. The van der Waals surface area contributed by atoms with Gasteiger partial charge in [0.2, 0.25) is 0 Å². The van der Waals surface area contributed by atoms with Gasteiger partial charge in [-0.05, 0) is 18.6 Å². The lowest BCUT2D eigenvalue weighted by Crippen LogP contribution is -2.11. The molecule has 0 aliphatic carbocycles. The van der Waals surface area contributed by atoms with Crippen molar-refractivity contribution in [1.82, 2.24) is 15.0 Å². The molecule has 0 bridgehead atoms. The minimum Gasteiger partial charge on any atom is -0.464 e. The first-order chi connectivity index (χ1) is 10.1. The van der Waals surface area contributed by atoms with Crippen LogP contribution in [0.3, 0.4) is 0 Å². The molecule has 0 unspecified atom stereocenters. The van der Waals surface area contributed by atoms with Gasteiger partial charge in [0.05, 0.1) is 19.3 Å². The van der Waals surface area contributed by atoms with Crippen LogP contribution in [0.15, 0.2) is 18.2 Å². The minimum atomic E-state index is -0.540. The van der Waals surface area contributed by atoms with E-state index in [2.05, 4.69) is 15.0 Å². The van der Waals surface area contributed by atoms with Gasteiger partial charge in [-0.1, -0.05) is 36.2 Å². The summed E-state index contributed by atoms with van der Waals surface area (Å²) in [5.74, 6) is -0.957. The van der Waals surface area contributed by atoms with Crippen LogP contribution in [0.5, 0.6) is 0 Å².